The second-order valence-electron chi connectivity index (χ2n) is 5.69. The Morgan fingerprint density at radius 2 is 1.70 bits per heavy atom. The molecule has 1 aromatic rings. The molecule has 1 atom stereocenters. The number of hydrogen-bond donors (Lipinski definition) is 1. The fraction of sp³-hybridized carbons (Fsp3) is 0.500. The number of hydrogen-bond acceptors (Lipinski definition) is 2. The number of rotatable bonds is 5. The Kier molecular flexibility index (Phi) is 5.93. The summed E-state index contributed by atoms with van der Waals surface area (Å²) in [7, 11) is 0. The molecule has 0 unspecified atom stereocenters. The average molecular weight is 340 g/mol. The molecule has 4 heteroatoms. The quantitative estimate of drug-likeness (QED) is 0.886. The van der Waals surface area contributed by atoms with Crippen molar-refractivity contribution in [1.82, 2.24) is 5.32 Å². The first-order chi connectivity index (χ1) is 9.22. The van der Waals surface area contributed by atoms with Crippen molar-refractivity contribution >= 4 is 27.6 Å². The highest BCUT2D eigenvalue weighted by atomic mass is 79.9. The SMILES string of the molecule is CC(=O)[C@H](CC(C)C)NC(=O)c1cc(C)c(Br)c(C)c1. The Balaban J connectivity index is 2.92. The largest absolute Gasteiger partial charge is 0.342 e. The van der Waals surface area contributed by atoms with Crippen LogP contribution in [0.3, 0.4) is 0 Å². The van der Waals surface area contributed by atoms with E-state index in [0.29, 0.717) is 17.9 Å². The van der Waals surface area contributed by atoms with Gasteiger partial charge in [-0.15, -0.1) is 0 Å². The molecule has 3 nitrogen and oxygen atoms in total. The first-order valence-electron chi connectivity index (χ1n) is 6.80. The highest BCUT2D eigenvalue weighted by Crippen LogP contribution is 2.22. The fourth-order valence-electron chi connectivity index (χ4n) is 2.12. The van der Waals surface area contributed by atoms with Crippen molar-refractivity contribution < 1.29 is 9.59 Å². The Labute approximate surface area is 129 Å². The van der Waals surface area contributed by atoms with Gasteiger partial charge in [0.1, 0.15) is 0 Å². The van der Waals surface area contributed by atoms with E-state index < -0.39 is 6.04 Å². The van der Waals surface area contributed by atoms with Crippen LogP contribution in [0.2, 0.25) is 0 Å². The van der Waals surface area contributed by atoms with E-state index >= 15 is 0 Å². The van der Waals surface area contributed by atoms with E-state index in [0.717, 1.165) is 15.6 Å². The number of Topliss-reactive ketones (excluding diaryl/α,β-unsaturated/α-hetero) is 1. The van der Waals surface area contributed by atoms with Gasteiger partial charge in [-0.2, -0.15) is 0 Å². The third-order valence-electron chi connectivity index (χ3n) is 3.20. The van der Waals surface area contributed by atoms with Crippen LogP contribution >= 0.6 is 15.9 Å². The molecule has 0 saturated carbocycles. The molecule has 0 saturated heterocycles. The summed E-state index contributed by atoms with van der Waals surface area (Å²) in [6.07, 6.45) is 0.662. The number of amides is 1. The van der Waals surface area contributed by atoms with E-state index in [-0.39, 0.29) is 11.7 Å². The molecule has 20 heavy (non-hydrogen) atoms. The molecule has 110 valence electrons. The van der Waals surface area contributed by atoms with Crippen LogP contribution in [0.4, 0.5) is 0 Å². The molecule has 1 rings (SSSR count). The molecule has 1 amide bonds. The Bertz CT molecular complexity index is 500. The molecule has 0 radical (unpaired) electrons. The van der Waals surface area contributed by atoms with E-state index in [1.807, 2.05) is 39.8 Å². The van der Waals surface area contributed by atoms with E-state index in [9.17, 15) is 9.59 Å². The molecule has 0 aliphatic rings. The van der Waals surface area contributed by atoms with Crippen LogP contribution in [0, 0.1) is 19.8 Å². The molecular weight excluding hydrogens is 318 g/mol. The second kappa shape index (κ2) is 7.02. The topological polar surface area (TPSA) is 46.2 Å². The normalized spacial score (nSPS) is 12.3. The zero-order chi connectivity index (χ0) is 15.4. The lowest BCUT2D eigenvalue weighted by atomic mass is 10.00. The standard InChI is InChI=1S/C16H22BrNO2/c1-9(2)6-14(12(5)19)18-16(20)13-7-10(3)15(17)11(4)8-13/h7-9,14H,6H2,1-5H3,(H,18,20)/t14-/m0/s1. The Morgan fingerprint density at radius 3 is 2.10 bits per heavy atom. The lowest BCUT2D eigenvalue weighted by Gasteiger charge is -2.18. The summed E-state index contributed by atoms with van der Waals surface area (Å²) in [5, 5.41) is 2.83. The van der Waals surface area contributed by atoms with Crippen LogP contribution in [0.5, 0.6) is 0 Å². The summed E-state index contributed by atoms with van der Waals surface area (Å²) in [4.78, 5) is 23.9. The van der Waals surface area contributed by atoms with Crippen LogP contribution in [0.25, 0.3) is 0 Å². The van der Waals surface area contributed by atoms with Crippen molar-refractivity contribution in [1.29, 1.82) is 0 Å². The average Bonchev–Trinajstić information content (AvgIpc) is 2.33. The van der Waals surface area contributed by atoms with Crippen LogP contribution in [-0.2, 0) is 4.79 Å². The minimum absolute atomic E-state index is 0.00222. The van der Waals surface area contributed by atoms with Gasteiger partial charge < -0.3 is 5.32 Å². The molecule has 0 aromatic heterocycles. The minimum Gasteiger partial charge on any atom is -0.342 e. The van der Waals surface area contributed by atoms with Crippen LogP contribution in [0.1, 0.15) is 48.7 Å². The zero-order valence-corrected chi connectivity index (χ0v) is 14.3. The van der Waals surface area contributed by atoms with E-state index in [4.69, 9.17) is 0 Å². The summed E-state index contributed by atoms with van der Waals surface area (Å²) in [5.41, 5.74) is 2.62. The molecule has 1 N–H and O–H groups in total. The Hall–Kier alpha value is -1.16. The van der Waals surface area contributed by atoms with Gasteiger partial charge in [0.2, 0.25) is 0 Å². The van der Waals surface area contributed by atoms with Crippen molar-refractivity contribution in [3.8, 4) is 0 Å². The van der Waals surface area contributed by atoms with Gasteiger partial charge >= 0.3 is 0 Å². The first-order valence-corrected chi connectivity index (χ1v) is 7.59. The maximum absolute atomic E-state index is 12.3. The summed E-state index contributed by atoms with van der Waals surface area (Å²) in [6.45, 7) is 9.49. The van der Waals surface area contributed by atoms with Crippen molar-refractivity contribution in [2.45, 2.75) is 47.1 Å². The molecule has 0 heterocycles. The number of carbonyl (C=O) groups is 2. The van der Waals surface area contributed by atoms with Gasteiger partial charge in [0.25, 0.3) is 5.91 Å². The number of aryl methyl sites for hydroxylation is 2. The number of ketones is 1. The van der Waals surface area contributed by atoms with Crippen LogP contribution in [-0.4, -0.2) is 17.7 Å². The van der Waals surface area contributed by atoms with Gasteiger partial charge in [0.15, 0.2) is 5.78 Å². The summed E-state index contributed by atoms with van der Waals surface area (Å²) in [5.74, 6) is 0.166. The van der Waals surface area contributed by atoms with Gasteiger partial charge in [-0.25, -0.2) is 0 Å². The highest BCUT2D eigenvalue weighted by molar-refractivity contribution is 9.10. The van der Waals surface area contributed by atoms with Gasteiger partial charge in [-0.05, 0) is 56.4 Å². The molecule has 0 aliphatic heterocycles. The molecular formula is C16H22BrNO2. The van der Waals surface area contributed by atoms with E-state index in [2.05, 4.69) is 21.2 Å². The van der Waals surface area contributed by atoms with Crippen LogP contribution in [0.15, 0.2) is 16.6 Å². The molecule has 1 aromatic carbocycles. The number of carbonyl (C=O) groups excluding carboxylic acids is 2. The monoisotopic (exact) mass is 339 g/mol. The minimum atomic E-state index is -0.410. The third-order valence-corrected chi connectivity index (χ3v) is 4.45. The molecule has 0 spiro atoms. The predicted octanol–water partition coefficient (Wildman–Crippen LogP) is 3.80. The maximum atomic E-state index is 12.3. The van der Waals surface area contributed by atoms with E-state index in [1.54, 1.807) is 0 Å². The van der Waals surface area contributed by atoms with Gasteiger partial charge in [0.05, 0.1) is 6.04 Å². The van der Waals surface area contributed by atoms with Crippen molar-refractivity contribution in [3.05, 3.63) is 33.3 Å². The number of halogens is 1. The third kappa shape index (κ3) is 4.44. The van der Waals surface area contributed by atoms with Crippen molar-refractivity contribution in [2.75, 3.05) is 0 Å². The predicted molar refractivity (Wildman–Crippen MR) is 85.0 cm³/mol. The maximum Gasteiger partial charge on any atom is 0.251 e. The summed E-state index contributed by atoms with van der Waals surface area (Å²) >= 11 is 3.48. The smallest absolute Gasteiger partial charge is 0.251 e. The number of benzene rings is 1. The highest BCUT2D eigenvalue weighted by Gasteiger charge is 2.19. The lowest BCUT2D eigenvalue weighted by Crippen LogP contribution is -2.40. The van der Waals surface area contributed by atoms with Gasteiger partial charge in [0, 0.05) is 10.0 Å². The van der Waals surface area contributed by atoms with Gasteiger partial charge in [-0.3, -0.25) is 9.59 Å². The summed E-state index contributed by atoms with van der Waals surface area (Å²) < 4.78 is 1.01. The number of nitrogens with one attached hydrogen (secondary N) is 1. The second-order valence-corrected chi connectivity index (χ2v) is 6.48. The molecule has 0 bridgehead atoms. The van der Waals surface area contributed by atoms with Crippen molar-refractivity contribution in [2.24, 2.45) is 5.92 Å². The Morgan fingerprint density at radius 1 is 1.20 bits per heavy atom. The molecule has 0 fully saturated rings. The summed E-state index contributed by atoms with van der Waals surface area (Å²) in [6, 6.07) is 3.25. The van der Waals surface area contributed by atoms with Gasteiger partial charge in [-0.1, -0.05) is 29.8 Å². The fourth-order valence-corrected chi connectivity index (χ4v) is 2.35. The van der Waals surface area contributed by atoms with Crippen LogP contribution < -0.4 is 5.32 Å². The lowest BCUT2D eigenvalue weighted by molar-refractivity contribution is -0.119. The van der Waals surface area contributed by atoms with E-state index in [1.165, 1.54) is 6.92 Å². The molecule has 0 aliphatic carbocycles. The first kappa shape index (κ1) is 16.9. The van der Waals surface area contributed by atoms with Crippen molar-refractivity contribution in [3.63, 3.8) is 0 Å². The zero-order valence-electron chi connectivity index (χ0n) is 12.7.